The molecule has 0 radical (unpaired) electrons. The number of benzene rings is 1. The Morgan fingerprint density at radius 1 is 1.30 bits per heavy atom. The molecular formula is C17H26N2O. The highest BCUT2D eigenvalue weighted by Gasteiger charge is 2.26. The molecule has 0 aromatic heterocycles. The quantitative estimate of drug-likeness (QED) is 0.862. The van der Waals surface area contributed by atoms with E-state index in [2.05, 4.69) is 41.4 Å². The Morgan fingerprint density at radius 2 is 2.20 bits per heavy atom. The van der Waals surface area contributed by atoms with E-state index < -0.39 is 0 Å². The van der Waals surface area contributed by atoms with Gasteiger partial charge in [0.2, 0.25) is 0 Å². The van der Waals surface area contributed by atoms with E-state index in [1.165, 1.54) is 44.5 Å². The number of fused-ring (bicyclic) bond motifs is 1. The molecule has 3 nitrogen and oxygen atoms in total. The smallest absolute Gasteiger partial charge is 0.123 e. The van der Waals surface area contributed by atoms with Crippen LogP contribution in [0.15, 0.2) is 24.3 Å². The molecule has 1 N–H and O–H groups in total. The molecule has 1 fully saturated rings. The second-order valence-corrected chi connectivity index (χ2v) is 6.10. The SMILES string of the molecule is CCCN(CC1CCCN1)CC1Cc2ccccc2O1. The van der Waals surface area contributed by atoms with Gasteiger partial charge >= 0.3 is 0 Å². The monoisotopic (exact) mass is 274 g/mol. The Labute approximate surface area is 122 Å². The maximum atomic E-state index is 6.09. The van der Waals surface area contributed by atoms with Crippen molar-refractivity contribution < 1.29 is 4.74 Å². The third-order valence-electron chi connectivity index (χ3n) is 4.36. The van der Waals surface area contributed by atoms with Gasteiger partial charge in [-0.2, -0.15) is 0 Å². The van der Waals surface area contributed by atoms with Crippen LogP contribution < -0.4 is 10.1 Å². The number of nitrogens with zero attached hydrogens (tertiary/aromatic N) is 1. The van der Waals surface area contributed by atoms with Crippen LogP contribution in [-0.4, -0.2) is 43.2 Å². The van der Waals surface area contributed by atoms with Gasteiger partial charge in [0.15, 0.2) is 0 Å². The molecule has 0 bridgehead atoms. The van der Waals surface area contributed by atoms with E-state index >= 15 is 0 Å². The van der Waals surface area contributed by atoms with E-state index in [4.69, 9.17) is 4.74 Å². The van der Waals surface area contributed by atoms with Gasteiger partial charge in [0, 0.05) is 25.6 Å². The van der Waals surface area contributed by atoms with E-state index in [1.807, 2.05) is 0 Å². The summed E-state index contributed by atoms with van der Waals surface area (Å²) in [6.45, 7) is 6.86. The van der Waals surface area contributed by atoms with Crippen LogP contribution in [0.2, 0.25) is 0 Å². The van der Waals surface area contributed by atoms with Crippen molar-refractivity contribution in [1.82, 2.24) is 10.2 Å². The minimum absolute atomic E-state index is 0.334. The summed E-state index contributed by atoms with van der Waals surface area (Å²) in [7, 11) is 0. The third kappa shape index (κ3) is 3.33. The Balaban J connectivity index is 1.54. The lowest BCUT2D eigenvalue weighted by atomic mass is 10.1. The molecule has 0 spiro atoms. The first-order valence-electron chi connectivity index (χ1n) is 8.05. The zero-order valence-electron chi connectivity index (χ0n) is 12.5. The topological polar surface area (TPSA) is 24.5 Å². The second-order valence-electron chi connectivity index (χ2n) is 6.10. The van der Waals surface area contributed by atoms with E-state index in [-0.39, 0.29) is 0 Å². The van der Waals surface area contributed by atoms with Gasteiger partial charge in [-0.05, 0) is 44.0 Å². The number of hydrogen-bond donors (Lipinski definition) is 1. The summed E-state index contributed by atoms with van der Waals surface area (Å²) in [5.41, 5.74) is 1.37. The van der Waals surface area contributed by atoms with E-state index in [0.29, 0.717) is 12.1 Å². The van der Waals surface area contributed by atoms with Gasteiger partial charge in [-0.25, -0.2) is 0 Å². The fraction of sp³-hybridized carbons (Fsp3) is 0.647. The van der Waals surface area contributed by atoms with Crippen LogP contribution in [0.25, 0.3) is 0 Å². The molecule has 0 saturated carbocycles. The van der Waals surface area contributed by atoms with Crippen molar-refractivity contribution in [2.45, 2.75) is 44.8 Å². The summed E-state index contributed by atoms with van der Waals surface area (Å²) in [5, 5.41) is 3.61. The molecule has 2 aliphatic heterocycles. The molecule has 20 heavy (non-hydrogen) atoms. The minimum Gasteiger partial charge on any atom is -0.488 e. The Hall–Kier alpha value is -1.06. The fourth-order valence-electron chi connectivity index (χ4n) is 3.44. The first-order chi connectivity index (χ1) is 9.85. The van der Waals surface area contributed by atoms with Crippen LogP contribution in [-0.2, 0) is 6.42 Å². The first-order valence-corrected chi connectivity index (χ1v) is 8.05. The van der Waals surface area contributed by atoms with Crippen LogP contribution >= 0.6 is 0 Å². The van der Waals surface area contributed by atoms with Crippen LogP contribution in [0.1, 0.15) is 31.7 Å². The predicted molar refractivity (Wildman–Crippen MR) is 82.3 cm³/mol. The van der Waals surface area contributed by atoms with Crippen molar-refractivity contribution >= 4 is 0 Å². The van der Waals surface area contributed by atoms with Crippen molar-refractivity contribution in [3.05, 3.63) is 29.8 Å². The van der Waals surface area contributed by atoms with Crippen LogP contribution in [0, 0.1) is 0 Å². The molecule has 1 aromatic carbocycles. The Kier molecular flexibility index (Phi) is 4.58. The summed E-state index contributed by atoms with van der Waals surface area (Å²) < 4.78 is 6.09. The van der Waals surface area contributed by atoms with Crippen LogP contribution in [0.5, 0.6) is 5.75 Å². The van der Waals surface area contributed by atoms with Crippen molar-refractivity contribution in [3.63, 3.8) is 0 Å². The maximum Gasteiger partial charge on any atom is 0.123 e. The summed E-state index contributed by atoms with van der Waals surface area (Å²) >= 11 is 0. The number of hydrogen-bond acceptors (Lipinski definition) is 3. The molecule has 0 aliphatic carbocycles. The lowest BCUT2D eigenvalue weighted by Crippen LogP contribution is -2.42. The highest BCUT2D eigenvalue weighted by molar-refractivity contribution is 5.37. The molecule has 3 heteroatoms. The van der Waals surface area contributed by atoms with E-state index in [9.17, 15) is 0 Å². The molecule has 1 aromatic rings. The normalized spacial score (nSPS) is 24.9. The molecule has 2 atom stereocenters. The van der Waals surface area contributed by atoms with Gasteiger partial charge in [-0.1, -0.05) is 25.1 Å². The van der Waals surface area contributed by atoms with Crippen molar-refractivity contribution in [1.29, 1.82) is 0 Å². The minimum atomic E-state index is 0.334. The first kappa shape index (κ1) is 13.9. The summed E-state index contributed by atoms with van der Waals surface area (Å²) in [5.74, 6) is 1.09. The second kappa shape index (κ2) is 6.59. The largest absolute Gasteiger partial charge is 0.488 e. The van der Waals surface area contributed by atoms with Crippen LogP contribution in [0.4, 0.5) is 0 Å². The average Bonchev–Trinajstić information content (AvgIpc) is 3.07. The van der Waals surface area contributed by atoms with Gasteiger partial charge in [0.25, 0.3) is 0 Å². The van der Waals surface area contributed by atoms with Crippen molar-refractivity contribution in [2.75, 3.05) is 26.2 Å². The van der Waals surface area contributed by atoms with E-state index in [0.717, 1.165) is 18.7 Å². The summed E-state index contributed by atoms with van der Waals surface area (Å²) in [6, 6.07) is 9.14. The lowest BCUT2D eigenvalue weighted by molar-refractivity contribution is 0.143. The number of nitrogens with one attached hydrogen (secondary N) is 1. The van der Waals surface area contributed by atoms with Crippen molar-refractivity contribution in [2.24, 2.45) is 0 Å². The fourth-order valence-corrected chi connectivity index (χ4v) is 3.44. The van der Waals surface area contributed by atoms with Gasteiger partial charge in [0.1, 0.15) is 11.9 Å². The van der Waals surface area contributed by atoms with E-state index in [1.54, 1.807) is 0 Å². The predicted octanol–water partition coefficient (Wildman–Crippen LogP) is 2.45. The Bertz CT molecular complexity index is 404. The van der Waals surface area contributed by atoms with Gasteiger partial charge in [0.05, 0.1) is 0 Å². The molecule has 2 unspecified atom stereocenters. The van der Waals surface area contributed by atoms with Gasteiger partial charge < -0.3 is 10.1 Å². The molecule has 2 heterocycles. The highest BCUT2D eigenvalue weighted by atomic mass is 16.5. The maximum absolute atomic E-state index is 6.09. The molecular weight excluding hydrogens is 248 g/mol. The highest BCUT2D eigenvalue weighted by Crippen LogP contribution is 2.28. The average molecular weight is 274 g/mol. The van der Waals surface area contributed by atoms with Gasteiger partial charge in [-0.15, -0.1) is 0 Å². The molecule has 1 saturated heterocycles. The molecule has 2 aliphatic rings. The third-order valence-corrected chi connectivity index (χ3v) is 4.36. The summed E-state index contributed by atoms with van der Waals surface area (Å²) in [4.78, 5) is 2.58. The van der Waals surface area contributed by atoms with Crippen LogP contribution in [0.3, 0.4) is 0 Å². The lowest BCUT2D eigenvalue weighted by Gasteiger charge is -2.27. The zero-order chi connectivity index (χ0) is 13.8. The zero-order valence-corrected chi connectivity index (χ0v) is 12.5. The molecule has 0 amide bonds. The summed E-state index contributed by atoms with van der Waals surface area (Å²) in [6.07, 6.45) is 5.27. The van der Waals surface area contributed by atoms with Gasteiger partial charge in [-0.3, -0.25) is 4.90 Å². The Morgan fingerprint density at radius 3 is 2.95 bits per heavy atom. The molecule has 3 rings (SSSR count). The van der Waals surface area contributed by atoms with Crippen molar-refractivity contribution in [3.8, 4) is 5.75 Å². The number of ether oxygens (including phenoxy) is 1. The molecule has 110 valence electrons. The standard InChI is InChI=1S/C17H26N2O/c1-2-10-19(12-15-7-5-9-18-15)13-16-11-14-6-3-4-8-17(14)20-16/h3-4,6,8,15-16,18H,2,5,7,9-13H2,1H3. The number of para-hydroxylation sites is 1. The number of rotatable bonds is 6.